The molecule has 0 aliphatic carbocycles. The fraction of sp³-hybridized carbons (Fsp3) is 0.422. The van der Waals surface area contributed by atoms with Crippen LogP contribution in [0.15, 0.2) is 109 Å². The minimum Gasteiger partial charge on any atom is -0.691 e. The molecule has 33 nitrogen and oxygen atoms in total. The summed E-state index contributed by atoms with van der Waals surface area (Å²) in [6, 6.07) is 16.3. The second-order valence-corrected chi connectivity index (χ2v) is 26.1. The number of carbonyl (C=O) groups excluding carboxylic acids is 8. The summed E-state index contributed by atoms with van der Waals surface area (Å²) in [4.78, 5) is 120. The van der Waals surface area contributed by atoms with Gasteiger partial charge in [0.15, 0.2) is 16.5 Å². The number of β-amino-alcohol motifs (C(OH)–C–C–N with tert-alkyl or cyclic N) is 1. The van der Waals surface area contributed by atoms with Gasteiger partial charge in [-0.2, -0.15) is 5.10 Å². The number of amides is 8. The molecule has 528 valence electrons. The summed E-state index contributed by atoms with van der Waals surface area (Å²) in [7, 11) is 0. The van der Waals surface area contributed by atoms with Gasteiger partial charge in [0, 0.05) is 101 Å². The molecule has 4 aliphatic heterocycles. The monoisotopic (exact) mass is 1430 g/mol. The number of hydrogen-bond donors (Lipinski definition) is 13. The van der Waals surface area contributed by atoms with Crippen LogP contribution in [0, 0.1) is 5.92 Å². The number of aromatic nitrogens is 4. The first-order valence-corrected chi connectivity index (χ1v) is 33.1. The quantitative estimate of drug-likeness (QED) is 0.0118. The van der Waals surface area contributed by atoms with Crippen molar-refractivity contribution in [3.05, 3.63) is 126 Å². The molecule has 6 heterocycles. The van der Waals surface area contributed by atoms with E-state index in [1.807, 2.05) is 24.4 Å². The number of hydrogen-bond acceptors (Lipinski definition) is 26. The van der Waals surface area contributed by atoms with E-state index < -0.39 is 177 Å². The number of primary amides is 1. The molecule has 0 bridgehead atoms. The SMILES string of the molecule is CC(O)C1NC(=O)[C@@H](NC(=O)c2ccc(-c3nnc(-c4cnn(-c5ccc(CN6CCN(c7ccccc7)CC6)cc5)c4)s3)cc2)CC(O)CNC(=O)C2C(O)C(C)CN2C(=O)C(C(O)CC(N)=O)NC(=O)C(C(O)Cc2ccc(O)c(OSOO[O-])c2)NC(=O)C2CC(O)CN2C1=O.[Na+]. The minimum atomic E-state index is -2.23. The first-order chi connectivity index (χ1) is 47.4. The predicted molar refractivity (Wildman–Crippen MR) is 349 cm³/mol. The zero-order valence-electron chi connectivity index (χ0n) is 54.4. The van der Waals surface area contributed by atoms with Gasteiger partial charge < -0.3 is 92.2 Å². The zero-order valence-corrected chi connectivity index (χ0v) is 58.0. The first-order valence-electron chi connectivity index (χ1n) is 31.6. The van der Waals surface area contributed by atoms with E-state index in [2.05, 4.69) is 97.5 Å². The summed E-state index contributed by atoms with van der Waals surface area (Å²) in [6.07, 6.45) is -10.2. The van der Waals surface area contributed by atoms with E-state index in [4.69, 9.17) is 9.92 Å². The van der Waals surface area contributed by atoms with Crippen LogP contribution in [0.2, 0.25) is 0 Å². The second kappa shape index (κ2) is 34.4. The summed E-state index contributed by atoms with van der Waals surface area (Å²) in [5.41, 5.74) is 9.99. The number of benzene rings is 4. The van der Waals surface area contributed by atoms with Crippen LogP contribution in [0.4, 0.5) is 5.69 Å². The predicted octanol–water partition coefficient (Wildman–Crippen LogP) is -5.92. The Morgan fingerprint density at radius 2 is 1.41 bits per heavy atom. The Bertz CT molecular complexity index is 3850. The van der Waals surface area contributed by atoms with Gasteiger partial charge in [0.05, 0.1) is 60.5 Å². The van der Waals surface area contributed by atoms with Crippen LogP contribution in [0.25, 0.3) is 26.8 Å². The smallest absolute Gasteiger partial charge is 0.691 e. The molecule has 4 aromatic carbocycles. The zero-order chi connectivity index (χ0) is 70.8. The normalized spacial score (nSPS) is 24.6. The van der Waals surface area contributed by atoms with Gasteiger partial charge in [-0.25, -0.2) is 4.68 Å². The molecule has 14 N–H and O–H groups in total. The number of phenolic OH excluding ortho intramolecular Hbond substituents is 1. The van der Waals surface area contributed by atoms with Crippen molar-refractivity contribution in [2.45, 2.75) is 119 Å². The van der Waals surface area contributed by atoms with Crippen molar-refractivity contribution in [2.24, 2.45) is 11.7 Å². The van der Waals surface area contributed by atoms with Gasteiger partial charge in [-0.3, -0.25) is 48.3 Å². The van der Waals surface area contributed by atoms with Crippen molar-refractivity contribution < 1.29 is 122 Å². The number of carbonyl (C=O) groups is 8. The fourth-order valence-corrected chi connectivity index (χ4v) is 13.3. The van der Waals surface area contributed by atoms with Gasteiger partial charge in [-0.15, -0.1) is 14.5 Å². The van der Waals surface area contributed by atoms with Crippen LogP contribution in [0.5, 0.6) is 11.5 Å². The maximum absolute atomic E-state index is 14.7. The van der Waals surface area contributed by atoms with Crippen molar-refractivity contribution in [2.75, 3.05) is 50.7 Å². The van der Waals surface area contributed by atoms with E-state index in [0.717, 1.165) is 67.3 Å². The number of piperazine rings is 1. The van der Waals surface area contributed by atoms with E-state index in [-0.39, 0.29) is 58.8 Å². The van der Waals surface area contributed by atoms with E-state index in [9.17, 15) is 79.4 Å². The van der Waals surface area contributed by atoms with Crippen LogP contribution in [-0.4, -0.2) is 236 Å². The average molecular weight is 1430 g/mol. The Morgan fingerprint density at radius 3 is 2.09 bits per heavy atom. The number of aliphatic hydroxyl groups is 6. The molecular formula is C64H75N14NaO19S2. The molecule has 12 unspecified atom stereocenters. The number of aliphatic hydroxyl groups excluding tert-OH is 6. The Labute approximate surface area is 602 Å². The number of phenols is 1. The molecular weight excluding hydrogens is 1360 g/mol. The molecule has 10 rings (SSSR count). The van der Waals surface area contributed by atoms with Gasteiger partial charge in [-0.1, -0.05) is 66.8 Å². The largest absolute Gasteiger partial charge is 1.00 e. The number of fused-ring (bicyclic) bond motifs is 2. The number of nitrogens with one attached hydrogen (secondary N) is 5. The maximum Gasteiger partial charge on any atom is 1.00 e. The molecule has 36 heteroatoms. The van der Waals surface area contributed by atoms with E-state index >= 15 is 0 Å². The Kier molecular flexibility index (Phi) is 26.1. The Balaban J connectivity index is 0.0000117. The fourth-order valence-electron chi connectivity index (χ4n) is 12.3. The molecule has 0 radical (unpaired) electrons. The third-order valence-corrected chi connectivity index (χ3v) is 18.9. The van der Waals surface area contributed by atoms with Crippen molar-refractivity contribution in [3.8, 4) is 38.3 Å². The van der Waals surface area contributed by atoms with Crippen LogP contribution in [0.3, 0.4) is 0 Å². The minimum absolute atomic E-state index is 0. The van der Waals surface area contributed by atoms with Gasteiger partial charge >= 0.3 is 29.6 Å². The third kappa shape index (κ3) is 18.6. The summed E-state index contributed by atoms with van der Waals surface area (Å²) in [5, 5.41) is 119. The van der Waals surface area contributed by atoms with E-state index in [0.29, 0.717) is 21.1 Å². The van der Waals surface area contributed by atoms with Crippen molar-refractivity contribution in [1.82, 2.24) is 61.3 Å². The molecule has 13 atom stereocenters. The number of nitrogens with two attached hydrogens (primary N) is 1. The van der Waals surface area contributed by atoms with E-state index in [1.165, 1.54) is 47.7 Å². The number of aromatic hydroxyl groups is 1. The first kappa shape index (κ1) is 76.0. The number of para-hydroxylation sites is 1. The maximum atomic E-state index is 14.7. The van der Waals surface area contributed by atoms with Crippen LogP contribution in [0.1, 0.15) is 54.6 Å². The summed E-state index contributed by atoms with van der Waals surface area (Å²) >= 11 is 1.26. The number of anilines is 1. The van der Waals surface area contributed by atoms with Crippen LogP contribution >= 0.6 is 23.7 Å². The average Bonchev–Trinajstić information content (AvgIpc) is 1.62. The van der Waals surface area contributed by atoms with Crippen molar-refractivity contribution in [3.63, 3.8) is 0 Å². The molecule has 4 fully saturated rings. The Hall–Kier alpha value is -8.24. The number of rotatable bonds is 19. The van der Waals surface area contributed by atoms with Crippen LogP contribution < -0.4 is 76.2 Å². The second-order valence-electron chi connectivity index (χ2n) is 24.7. The molecule has 0 spiro atoms. The van der Waals surface area contributed by atoms with Gasteiger partial charge in [0.2, 0.25) is 41.4 Å². The van der Waals surface area contributed by atoms with E-state index in [1.54, 1.807) is 23.0 Å². The molecule has 2 aromatic heterocycles. The third-order valence-electron chi connectivity index (χ3n) is 17.6. The number of nitrogens with zero attached hydrogens (tertiary/aromatic N) is 8. The van der Waals surface area contributed by atoms with Crippen molar-refractivity contribution in [1.29, 1.82) is 0 Å². The van der Waals surface area contributed by atoms with Gasteiger partial charge in [-0.05, 0) is 66.6 Å². The Morgan fingerprint density at radius 1 is 0.750 bits per heavy atom. The van der Waals surface area contributed by atoms with Crippen LogP contribution in [-0.2, 0) is 55.9 Å². The molecule has 6 aromatic rings. The summed E-state index contributed by atoms with van der Waals surface area (Å²) in [6.45, 7) is 5.43. The standard InChI is InChI=1S/C64H76N14O19S2.Na/c1-33-29-77-54(55(33)86)60(91)66-28-42(80)24-44(68-56(87)37-11-13-38(14-12-37)61-72-73-62(98-61)39-27-67-78(31-39)41-15-8-35(9-16-41)30-74-18-20-75(21-19-74)40-6-4-3-5-7-40)57(88)69-51(34(2)79)63(92)76-32-43(81)25-45(76)58(89)70-52(59(90)71-53(64(77)93)48(84)26-50(65)85)47(83)22-36-10-17-46(82)49(23-36)95-99-97-96-94;/h3-17,23,27,31,33-34,42-45,47-48,51-55,79-84,86,94H,18-22,24-26,28-30,32H2,1-2H3,(H2,65,85)(H,66,91)(H,68,87)(H,69,88)(H,70,89)(H,71,90);/q;+1/p-1/t33?,34?,42?,43?,44-,45?,47?,48?,51?,52?,53?,54?,55?;/m0./s1. The molecule has 100 heavy (non-hydrogen) atoms. The molecule has 4 aliphatic rings. The topological polar surface area (TPSA) is 472 Å². The van der Waals surface area contributed by atoms with Gasteiger partial charge in [0.1, 0.15) is 41.3 Å². The summed E-state index contributed by atoms with van der Waals surface area (Å²) in [5.74, 6) is -11.2. The summed E-state index contributed by atoms with van der Waals surface area (Å²) < 4.78 is 10.9. The van der Waals surface area contributed by atoms with Gasteiger partial charge in [0.25, 0.3) is 18.2 Å². The molecule has 4 saturated heterocycles. The molecule has 0 saturated carbocycles. The molecule has 8 amide bonds. The van der Waals surface area contributed by atoms with Crippen molar-refractivity contribution >= 4 is 76.6 Å².